The Morgan fingerprint density at radius 3 is 2.61 bits per heavy atom. The van der Waals surface area contributed by atoms with Crippen LogP contribution in [0, 0.1) is 0 Å². The summed E-state index contributed by atoms with van der Waals surface area (Å²) in [6, 6.07) is 9.04. The molecule has 23 heavy (non-hydrogen) atoms. The molecular weight excluding hydrogens is 292 g/mol. The minimum absolute atomic E-state index is 0.255. The number of nitrogens with one attached hydrogen (secondary N) is 3. The van der Waals surface area contributed by atoms with Gasteiger partial charge in [0.2, 0.25) is 11.9 Å². The minimum atomic E-state index is -0.452. The van der Waals surface area contributed by atoms with Gasteiger partial charge in [-0.05, 0) is 44.2 Å². The maximum absolute atomic E-state index is 11.1. The van der Waals surface area contributed by atoms with Gasteiger partial charge in [-0.1, -0.05) is 0 Å². The number of carbonyl (C=O) groups excluding carboxylic acids is 1. The van der Waals surface area contributed by atoms with Crippen molar-refractivity contribution in [1.82, 2.24) is 15.0 Å². The zero-order chi connectivity index (χ0) is 16.4. The molecule has 2 heterocycles. The van der Waals surface area contributed by atoms with Gasteiger partial charge in [-0.2, -0.15) is 4.98 Å². The van der Waals surface area contributed by atoms with E-state index in [4.69, 9.17) is 5.73 Å². The van der Waals surface area contributed by atoms with Gasteiger partial charge in [-0.15, -0.1) is 0 Å². The molecular formula is C16H18N6O. The molecule has 2 aliphatic heterocycles. The first kappa shape index (κ1) is 14.8. The highest BCUT2D eigenvalue weighted by molar-refractivity contribution is 5.93. The molecule has 0 unspecified atom stereocenters. The van der Waals surface area contributed by atoms with Crippen molar-refractivity contribution in [1.29, 1.82) is 0 Å². The number of nitrogens with zero attached hydrogens (tertiary/aromatic N) is 2. The zero-order valence-corrected chi connectivity index (χ0v) is 12.9. The van der Waals surface area contributed by atoms with Crippen LogP contribution in [0.3, 0.4) is 0 Å². The van der Waals surface area contributed by atoms with E-state index < -0.39 is 5.91 Å². The van der Waals surface area contributed by atoms with E-state index >= 15 is 0 Å². The van der Waals surface area contributed by atoms with Gasteiger partial charge in [-0.25, -0.2) is 4.98 Å². The maximum Gasteiger partial charge on any atom is 0.248 e. The number of aromatic nitrogens is 3. The summed E-state index contributed by atoms with van der Waals surface area (Å²) < 4.78 is 0. The van der Waals surface area contributed by atoms with Crippen molar-refractivity contribution >= 4 is 23.4 Å². The highest BCUT2D eigenvalue weighted by Gasteiger charge is 2.14. The summed E-state index contributed by atoms with van der Waals surface area (Å²) in [5.41, 5.74) is 7.43. The van der Waals surface area contributed by atoms with Gasteiger partial charge in [0, 0.05) is 23.5 Å². The normalized spacial score (nSPS) is 10.9. The van der Waals surface area contributed by atoms with Crippen molar-refractivity contribution in [2.24, 2.45) is 5.73 Å². The smallest absolute Gasteiger partial charge is 0.248 e. The Morgan fingerprint density at radius 1 is 1.22 bits per heavy atom. The van der Waals surface area contributed by atoms with Crippen LogP contribution in [0.4, 0.5) is 17.5 Å². The molecule has 5 N–H and O–H groups in total. The molecule has 0 aliphatic carbocycles. The van der Waals surface area contributed by atoms with Gasteiger partial charge in [0.05, 0.1) is 5.56 Å². The summed E-state index contributed by atoms with van der Waals surface area (Å²) in [4.78, 5) is 23.1. The highest BCUT2D eigenvalue weighted by atomic mass is 16.1. The first-order chi connectivity index (χ1) is 11.0. The fraction of sp³-hybridized carbons (Fsp3) is 0.188. The first-order valence-electron chi connectivity index (χ1n) is 7.31. The largest absolute Gasteiger partial charge is 0.367 e. The van der Waals surface area contributed by atoms with Gasteiger partial charge < -0.3 is 21.4 Å². The third-order valence-corrected chi connectivity index (χ3v) is 3.27. The van der Waals surface area contributed by atoms with Crippen molar-refractivity contribution in [3.63, 3.8) is 0 Å². The number of benzene rings is 1. The van der Waals surface area contributed by atoms with E-state index in [1.807, 2.05) is 6.07 Å². The lowest BCUT2D eigenvalue weighted by molar-refractivity contribution is 0.100. The fourth-order valence-electron chi connectivity index (χ4n) is 2.23. The Hall–Kier alpha value is -3.09. The Balaban J connectivity index is 1.90. The van der Waals surface area contributed by atoms with Crippen LogP contribution in [0.5, 0.6) is 0 Å². The molecule has 1 amide bonds. The van der Waals surface area contributed by atoms with Crippen molar-refractivity contribution in [2.45, 2.75) is 19.9 Å². The van der Waals surface area contributed by atoms with E-state index in [9.17, 15) is 4.79 Å². The Labute approximate surface area is 133 Å². The molecule has 0 fully saturated rings. The Bertz CT molecular complexity index is 793. The van der Waals surface area contributed by atoms with E-state index in [0.717, 1.165) is 22.9 Å². The van der Waals surface area contributed by atoms with Crippen LogP contribution in [-0.2, 0) is 0 Å². The highest BCUT2D eigenvalue weighted by Crippen LogP contribution is 2.28. The molecule has 0 saturated carbocycles. The van der Waals surface area contributed by atoms with E-state index in [-0.39, 0.29) is 6.04 Å². The molecule has 7 nitrogen and oxygen atoms in total. The van der Waals surface area contributed by atoms with Crippen molar-refractivity contribution in [3.8, 4) is 11.4 Å². The lowest BCUT2D eigenvalue weighted by Crippen LogP contribution is -2.14. The number of carbonyl (C=O) groups is 1. The van der Waals surface area contributed by atoms with E-state index in [0.29, 0.717) is 11.5 Å². The Morgan fingerprint density at radius 2 is 1.96 bits per heavy atom. The van der Waals surface area contributed by atoms with Gasteiger partial charge in [0.15, 0.2) is 0 Å². The molecule has 0 spiro atoms. The summed E-state index contributed by atoms with van der Waals surface area (Å²) >= 11 is 0. The van der Waals surface area contributed by atoms with Crippen LogP contribution in [0.25, 0.3) is 11.4 Å². The summed E-state index contributed by atoms with van der Waals surface area (Å²) in [6.45, 7) is 4.10. The average molecular weight is 310 g/mol. The summed E-state index contributed by atoms with van der Waals surface area (Å²) in [5, 5.41) is 6.48. The molecule has 0 aromatic heterocycles. The van der Waals surface area contributed by atoms with Crippen LogP contribution in [0.15, 0.2) is 36.5 Å². The number of aromatic amines is 1. The lowest BCUT2D eigenvalue weighted by atomic mass is 10.2. The predicted molar refractivity (Wildman–Crippen MR) is 90.0 cm³/mol. The van der Waals surface area contributed by atoms with Gasteiger partial charge >= 0.3 is 0 Å². The second-order valence-electron chi connectivity index (χ2n) is 5.51. The number of fused-ring (bicyclic) bond motifs is 1. The molecule has 1 aromatic rings. The number of amides is 1. The molecule has 0 radical (unpaired) electrons. The van der Waals surface area contributed by atoms with Crippen LogP contribution < -0.4 is 16.4 Å². The summed E-state index contributed by atoms with van der Waals surface area (Å²) in [6.07, 6.45) is 1.74. The summed E-state index contributed by atoms with van der Waals surface area (Å²) in [7, 11) is 0. The van der Waals surface area contributed by atoms with Crippen molar-refractivity contribution in [2.75, 3.05) is 10.6 Å². The van der Waals surface area contributed by atoms with Crippen LogP contribution >= 0.6 is 0 Å². The van der Waals surface area contributed by atoms with Gasteiger partial charge in [0.1, 0.15) is 11.6 Å². The molecule has 7 heteroatoms. The van der Waals surface area contributed by atoms with Crippen LogP contribution in [0.1, 0.15) is 24.2 Å². The number of H-pyrrole nitrogens is 1. The summed E-state index contributed by atoms with van der Waals surface area (Å²) in [5.74, 6) is 1.63. The maximum atomic E-state index is 11.1. The van der Waals surface area contributed by atoms with Crippen molar-refractivity contribution < 1.29 is 4.79 Å². The molecule has 3 rings (SSSR count). The van der Waals surface area contributed by atoms with E-state index in [2.05, 4.69) is 39.4 Å². The second kappa shape index (κ2) is 5.96. The van der Waals surface area contributed by atoms with Crippen LogP contribution in [-0.4, -0.2) is 26.9 Å². The number of anilines is 3. The zero-order valence-electron chi connectivity index (χ0n) is 12.9. The predicted octanol–water partition coefficient (Wildman–Crippen LogP) is 2.57. The first-order valence-corrected chi connectivity index (χ1v) is 7.31. The van der Waals surface area contributed by atoms with Gasteiger partial charge in [-0.3, -0.25) is 4.79 Å². The average Bonchev–Trinajstić information content (AvgIpc) is 2.96. The third-order valence-electron chi connectivity index (χ3n) is 3.27. The monoisotopic (exact) mass is 310 g/mol. The molecule has 0 atom stereocenters. The van der Waals surface area contributed by atoms with Crippen molar-refractivity contribution in [3.05, 3.63) is 42.1 Å². The molecule has 118 valence electrons. The second-order valence-corrected chi connectivity index (χ2v) is 5.51. The number of primary amides is 1. The molecule has 0 bridgehead atoms. The number of nitrogens with two attached hydrogens (primary N) is 1. The van der Waals surface area contributed by atoms with Crippen LogP contribution in [0.2, 0.25) is 0 Å². The lowest BCUT2D eigenvalue weighted by Gasteiger charge is -2.15. The molecule has 1 aromatic carbocycles. The number of hydrogen-bond donors (Lipinski definition) is 4. The molecule has 2 aliphatic rings. The fourth-order valence-corrected chi connectivity index (χ4v) is 2.23. The topological polar surface area (TPSA) is 109 Å². The standard InChI is InChI=1S/C16H18N6O/c1-9(2)19-15-12-7-8-18-14(12)21-16(22-15)20-11-5-3-10(4-6-11)13(17)23/h3-9H,1-2H3,(H2,17,23)(H3,18,19,20,21,22). The minimum Gasteiger partial charge on any atom is -0.367 e. The SMILES string of the molecule is CC(C)Nc1nc(Nc2ccc(C(N)=O)cc2)[nH]c2nccc1-2. The molecule has 0 saturated heterocycles. The Kier molecular flexibility index (Phi) is 3.84. The van der Waals surface area contributed by atoms with Gasteiger partial charge in [0.25, 0.3) is 0 Å². The van der Waals surface area contributed by atoms with E-state index in [1.54, 1.807) is 30.5 Å². The number of hydrogen-bond acceptors (Lipinski definition) is 5. The third kappa shape index (κ3) is 3.23. The number of rotatable bonds is 5. The quantitative estimate of drug-likeness (QED) is 0.579. The van der Waals surface area contributed by atoms with E-state index in [1.165, 1.54) is 0 Å².